The number of nitrogens with zero attached hydrogens (tertiary/aromatic N) is 4. The molecule has 0 saturated carbocycles. The monoisotopic (exact) mass is 310 g/mol. The average molecular weight is 311 g/mol. The van der Waals surface area contributed by atoms with Gasteiger partial charge >= 0.3 is 0 Å². The molecule has 3 heterocycles. The number of benzene rings is 1. The number of aromatic amines is 1. The van der Waals surface area contributed by atoms with Crippen LogP contribution in [0.5, 0.6) is 0 Å². The maximum absolute atomic E-state index is 6.15. The zero-order valence-corrected chi connectivity index (χ0v) is 12.1. The molecule has 0 fully saturated rings. The van der Waals surface area contributed by atoms with Crippen LogP contribution in [0, 0.1) is 0 Å². The first-order valence-electron chi connectivity index (χ1n) is 6.67. The van der Waals surface area contributed by atoms with Crippen molar-refractivity contribution in [3.63, 3.8) is 0 Å². The van der Waals surface area contributed by atoms with Gasteiger partial charge in [-0.25, -0.2) is 4.98 Å². The largest absolute Gasteiger partial charge is 0.361 e. The van der Waals surface area contributed by atoms with Gasteiger partial charge in [-0.15, -0.1) is 4.80 Å². The van der Waals surface area contributed by atoms with Gasteiger partial charge in [0.1, 0.15) is 5.82 Å². The van der Waals surface area contributed by atoms with Crippen molar-refractivity contribution in [2.45, 2.75) is 0 Å². The van der Waals surface area contributed by atoms with Gasteiger partial charge in [0.05, 0.1) is 18.1 Å². The van der Waals surface area contributed by atoms with Gasteiger partial charge < -0.3 is 10.3 Å². The molecule has 0 aliphatic carbocycles. The van der Waals surface area contributed by atoms with Crippen LogP contribution in [0.1, 0.15) is 0 Å². The number of anilines is 2. The van der Waals surface area contributed by atoms with Gasteiger partial charge in [-0.2, -0.15) is 10.2 Å². The summed E-state index contributed by atoms with van der Waals surface area (Å²) in [6, 6.07) is 11.4. The summed E-state index contributed by atoms with van der Waals surface area (Å²) in [5, 5.41) is 13.2. The quantitative estimate of drug-likeness (QED) is 0.607. The Balaban J connectivity index is 1.74. The first-order valence-corrected chi connectivity index (χ1v) is 7.05. The Labute approximate surface area is 130 Å². The van der Waals surface area contributed by atoms with Gasteiger partial charge in [-0.05, 0) is 30.3 Å². The fourth-order valence-corrected chi connectivity index (χ4v) is 2.53. The van der Waals surface area contributed by atoms with E-state index in [-0.39, 0.29) is 0 Å². The summed E-state index contributed by atoms with van der Waals surface area (Å²) in [7, 11) is 0. The lowest BCUT2D eigenvalue weighted by Gasteiger charge is -2.09. The van der Waals surface area contributed by atoms with E-state index in [2.05, 4.69) is 25.5 Å². The summed E-state index contributed by atoms with van der Waals surface area (Å²) in [6.45, 7) is 0. The number of nitrogens with one attached hydrogen (secondary N) is 2. The Kier molecular flexibility index (Phi) is 3.01. The highest BCUT2D eigenvalue weighted by atomic mass is 35.5. The van der Waals surface area contributed by atoms with E-state index in [0.717, 1.165) is 16.6 Å². The van der Waals surface area contributed by atoms with E-state index in [4.69, 9.17) is 11.6 Å². The van der Waals surface area contributed by atoms with Gasteiger partial charge in [0, 0.05) is 22.1 Å². The van der Waals surface area contributed by atoms with Crippen LogP contribution >= 0.6 is 11.6 Å². The van der Waals surface area contributed by atoms with Crippen molar-refractivity contribution < 1.29 is 0 Å². The maximum Gasteiger partial charge on any atom is 0.176 e. The van der Waals surface area contributed by atoms with E-state index in [9.17, 15) is 0 Å². The molecule has 7 heteroatoms. The molecule has 22 heavy (non-hydrogen) atoms. The van der Waals surface area contributed by atoms with Crippen molar-refractivity contribution in [2.75, 3.05) is 5.32 Å². The Morgan fingerprint density at radius 1 is 1.09 bits per heavy atom. The molecular formula is C15H11ClN6. The number of fused-ring (bicyclic) bond motifs is 1. The minimum Gasteiger partial charge on any atom is -0.361 e. The lowest BCUT2D eigenvalue weighted by atomic mass is 10.2. The van der Waals surface area contributed by atoms with Crippen LogP contribution in [0.3, 0.4) is 0 Å². The maximum atomic E-state index is 6.15. The van der Waals surface area contributed by atoms with Gasteiger partial charge in [0.15, 0.2) is 5.82 Å². The summed E-state index contributed by atoms with van der Waals surface area (Å²) >= 11 is 6.15. The number of H-pyrrole nitrogens is 1. The molecular weight excluding hydrogens is 300 g/mol. The number of hydrogen-bond acceptors (Lipinski definition) is 4. The first-order chi connectivity index (χ1) is 10.8. The van der Waals surface area contributed by atoms with Crippen LogP contribution in [-0.2, 0) is 0 Å². The fraction of sp³-hybridized carbons (Fsp3) is 0. The molecule has 0 saturated heterocycles. The predicted molar refractivity (Wildman–Crippen MR) is 85.7 cm³/mol. The van der Waals surface area contributed by atoms with Gasteiger partial charge in [0.25, 0.3) is 0 Å². The molecule has 108 valence electrons. The highest BCUT2D eigenvalue weighted by Crippen LogP contribution is 2.29. The second kappa shape index (κ2) is 5.16. The molecule has 0 aliphatic heterocycles. The molecule has 0 bridgehead atoms. The van der Waals surface area contributed by atoms with E-state index in [0.29, 0.717) is 16.7 Å². The molecule has 0 aliphatic rings. The lowest BCUT2D eigenvalue weighted by molar-refractivity contribution is 0.730. The third-order valence-corrected chi connectivity index (χ3v) is 3.47. The van der Waals surface area contributed by atoms with Crippen molar-refractivity contribution >= 4 is 34.0 Å². The third kappa shape index (κ3) is 2.29. The molecule has 4 aromatic rings. The Bertz CT molecular complexity index is 928. The van der Waals surface area contributed by atoms with Crippen molar-refractivity contribution in [3.8, 4) is 5.82 Å². The molecule has 6 nitrogen and oxygen atoms in total. The van der Waals surface area contributed by atoms with Crippen LogP contribution in [-0.4, -0.2) is 25.0 Å². The number of hydrogen-bond donors (Lipinski definition) is 2. The molecule has 0 unspecified atom stereocenters. The van der Waals surface area contributed by atoms with Gasteiger partial charge in [-0.1, -0.05) is 17.7 Å². The molecule has 0 atom stereocenters. The van der Waals surface area contributed by atoms with Crippen LogP contribution in [0.25, 0.3) is 16.7 Å². The van der Waals surface area contributed by atoms with Crippen LogP contribution < -0.4 is 5.32 Å². The van der Waals surface area contributed by atoms with Gasteiger partial charge in [0.2, 0.25) is 0 Å². The lowest BCUT2D eigenvalue weighted by Crippen LogP contribution is -2.03. The van der Waals surface area contributed by atoms with Gasteiger partial charge in [-0.3, -0.25) is 0 Å². The summed E-state index contributed by atoms with van der Waals surface area (Å²) < 4.78 is 0. The zero-order valence-electron chi connectivity index (χ0n) is 11.4. The van der Waals surface area contributed by atoms with E-state index < -0.39 is 0 Å². The molecule has 4 rings (SSSR count). The van der Waals surface area contributed by atoms with Crippen molar-refractivity contribution in [1.29, 1.82) is 0 Å². The summed E-state index contributed by atoms with van der Waals surface area (Å²) in [6.07, 6.45) is 5.11. The summed E-state index contributed by atoms with van der Waals surface area (Å²) in [5.41, 5.74) is 1.86. The van der Waals surface area contributed by atoms with Crippen molar-refractivity contribution in [2.24, 2.45) is 0 Å². The highest BCUT2D eigenvalue weighted by molar-refractivity contribution is 6.31. The molecule has 2 N–H and O–H groups in total. The normalized spacial score (nSPS) is 11.0. The second-order valence-electron chi connectivity index (χ2n) is 4.72. The van der Waals surface area contributed by atoms with Crippen LogP contribution in [0.15, 0.2) is 55.0 Å². The van der Waals surface area contributed by atoms with Crippen molar-refractivity contribution in [3.05, 3.63) is 60.0 Å². The zero-order chi connectivity index (χ0) is 14.9. The number of rotatable bonds is 3. The smallest absolute Gasteiger partial charge is 0.176 e. The summed E-state index contributed by atoms with van der Waals surface area (Å²) in [4.78, 5) is 9.12. The topological polar surface area (TPSA) is 71.4 Å². The van der Waals surface area contributed by atoms with E-state index in [1.165, 1.54) is 4.80 Å². The predicted octanol–water partition coefficient (Wildman–Crippen LogP) is 3.54. The van der Waals surface area contributed by atoms with E-state index in [1.54, 1.807) is 12.4 Å². The van der Waals surface area contributed by atoms with Crippen LogP contribution in [0.4, 0.5) is 11.5 Å². The van der Waals surface area contributed by atoms with Crippen molar-refractivity contribution in [1.82, 2.24) is 25.0 Å². The minimum absolute atomic E-state index is 0.641. The molecule has 0 amide bonds. The SMILES string of the molecule is Clc1cc(Nc2cccc(-n3nccn3)n2)c2cc[nH]c2c1. The molecule has 0 spiro atoms. The number of aromatic nitrogens is 5. The first kappa shape index (κ1) is 12.8. The Morgan fingerprint density at radius 3 is 2.82 bits per heavy atom. The molecule has 1 aromatic carbocycles. The van der Waals surface area contributed by atoms with Crippen LogP contribution in [0.2, 0.25) is 5.02 Å². The van der Waals surface area contributed by atoms with E-state index >= 15 is 0 Å². The van der Waals surface area contributed by atoms with E-state index in [1.807, 2.05) is 42.6 Å². The Hall–Kier alpha value is -2.86. The number of halogens is 1. The summed E-state index contributed by atoms with van der Waals surface area (Å²) in [5.74, 6) is 1.34. The Morgan fingerprint density at radius 2 is 1.95 bits per heavy atom. The highest BCUT2D eigenvalue weighted by Gasteiger charge is 2.07. The average Bonchev–Trinajstić information content (AvgIpc) is 3.18. The standard InChI is InChI=1S/C15H11ClN6/c16-10-8-12-11(4-5-17-12)13(9-10)20-14-2-1-3-15(21-14)22-18-6-7-19-22/h1-9,17H,(H,20,21). The minimum atomic E-state index is 0.641. The molecule has 0 radical (unpaired) electrons. The second-order valence-corrected chi connectivity index (χ2v) is 5.15. The fourth-order valence-electron chi connectivity index (χ4n) is 2.31. The molecule has 3 aromatic heterocycles. The number of pyridine rings is 1. The third-order valence-electron chi connectivity index (χ3n) is 3.25.